The van der Waals surface area contributed by atoms with E-state index in [4.69, 9.17) is 34.2 Å². The predicted octanol–water partition coefficient (Wildman–Crippen LogP) is 0.879. The molecule has 0 spiro atoms. The third-order valence-electron chi connectivity index (χ3n) is 4.18. The number of hydrazine groups is 1. The van der Waals surface area contributed by atoms with Crippen molar-refractivity contribution in [2.75, 3.05) is 6.54 Å². The van der Waals surface area contributed by atoms with Crippen LogP contribution < -0.4 is 21.9 Å². The molecule has 1 aromatic carbocycles. The molecule has 0 fully saturated rings. The predicted molar refractivity (Wildman–Crippen MR) is 116 cm³/mol. The number of hydrogen-bond donors (Lipinski definition) is 6. The van der Waals surface area contributed by atoms with E-state index in [1.807, 2.05) is 0 Å². The van der Waals surface area contributed by atoms with Gasteiger partial charge in [0.25, 0.3) is 5.91 Å². The number of aliphatic imine (C=N–C) groups is 1. The lowest BCUT2D eigenvalue weighted by atomic mass is 9.92. The fourth-order valence-corrected chi connectivity index (χ4v) is 3.50. The number of aliphatic hydroxyl groups excluding tert-OH is 1. The fraction of sp³-hybridized carbons (Fsp3) is 0.263. The number of carbonyl (C=O) groups excluding carboxylic acids is 2. The number of allylic oxidation sites excluding steroid dienone is 2. The maximum absolute atomic E-state index is 12.3. The largest absolute Gasteiger partial charge is 0.481 e. The van der Waals surface area contributed by atoms with Crippen molar-refractivity contribution in [1.29, 1.82) is 0 Å². The minimum Gasteiger partial charge on any atom is -0.481 e. The van der Waals surface area contributed by atoms with E-state index in [9.17, 15) is 19.5 Å². The highest BCUT2D eigenvalue weighted by Crippen LogP contribution is 2.34. The van der Waals surface area contributed by atoms with Gasteiger partial charge in [-0.2, -0.15) is 0 Å². The fourth-order valence-electron chi connectivity index (χ4n) is 2.77. The second-order valence-electron chi connectivity index (χ2n) is 6.52. The van der Waals surface area contributed by atoms with Gasteiger partial charge in [0.05, 0.1) is 12.2 Å². The number of aliphatic hydroxyl groups is 1. The molecule has 31 heavy (non-hydrogen) atoms. The Kier molecular flexibility index (Phi) is 8.57. The van der Waals surface area contributed by atoms with E-state index in [-0.39, 0.29) is 29.0 Å². The number of hydrogen-bond acceptors (Lipinski definition) is 6. The van der Waals surface area contributed by atoms with Crippen molar-refractivity contribution in [3.8, 4) is 0 Å². The topological polar surface area (TPSA) is 166 Å². The van der Waals surface area contributed by atoms with Crippen LogP contribution >= 0.6 is 23.2 Å². The average Bonchev–Trinajstić information content (AvgIpc) is 2.72. The van der Waals surface area contributed by atoms with Crippen LogP contribution in [0.3, 0.4) is 0 Å². The second kappa shape index (κ2) is 10.9. The molecule has 12 heteroatoms. The summed E-state index contributed by atoms with van der Waals surface area (Å²) in [6.45, 7) is -0.433. The Labute approximate surface area is 187 Å². The van der Waals surface area contributed by atoms with Gasteiger partial charge in [-0.1, -0.05) is 29.3 Å². The summed E-state index contributed by atoms with van der Waals surface area (Å²) in [5.41, 5.74) is 3.24. The first-order valence-electron chi connectivity index (χ1n) is 9.00. The van der Waals surface area contributed by atoms with Gasteiger partial charge in [0.2, 0.25) is 5.91 Å². The molecule has 0 aliphatic heterocycles. The van der Waals surface area contributed by atoms with Gasteiger partial charge < -0.3 is 26.3 Å². The lowest BCUT2D eigenvalue weighted by Crippen LogP contribution is -2.55. The molecule has 1 aliphatic rings. The van der Waals surface area contributed by atoms with Gasteiger partial charge in [0.15, 0.2) is 5.00 Å². The Bertz CT molecular complexity index is 949. The Morgan fingerprint density at radius 1 is 1.32 bits per heavy atom. The van der Waals surface area contributed by atoms with Crippen molar-refractivity contribution in [2.24, 2.45) is 10.8 Å². The van der Waals surface area contributed by atoms with Crippen molar-refractivity contribution in [1.82, 2.24) is 16.1 Å². The lowest BCUT2D eigenvalue weighted by Gasteiger charge is -2.34. The molecule has 0 bridgehead atoms. The highest BCUT2D eigenvalue weighted by Gasteiger charge is 2.40. The summed E-state index contributed by atoms with van der Waals surface area (Å²) in [7, 11) is 0. The van der Waals surface area contributed by atoms with Crippen LogP contribution in [0.25, 0.3) is 0 Å². The van der Waals surface area contributed by atoms with Crippen LogP contribution in [0.5, 0.6) is 0 Å². The summed E-state index contributed by atoms with van der Waals surface area (Å²) in [6.07, 6.45) is 2.24. The minimum absolute atomic E-state index is 0.000134. The summed E-state index contributed by atoms with van der Waals surface area (Å²) in [6, 6.07) is 6.31. The molecule has 2 atom stereocenters. The van der Waals surface area contributed by atoms with Gasteiger partial charge in [-0.25, -0.2) is 10.8 Å². The van der Waals surface area contributed by atoms with Crippen molar-refractivity contribution in [3.05, 3.63) is 52.6 Å². The van der Waals surface area contributed by atoms with E-state index < -0.39 is 35.4 Å². The zero-order valence-electron chi connectivity index (χ0n) is 16.1. The zero-order valence-corrected chi connectivity index (χ0v) is 17.7. The number of alkyl halides is 1. The van der Waals surface area contributed by atoms with Crippen LogP contribution in [0.15, 0.2) is 52.0 Å². The monoisotopic (exact) mass is 469 g/mol. The Balaban J connectivity index is 1.98. The van der Waals surface area contributed by atoms with Crippen LogP contribution in [0, 0.1) is 0 Å². The normalized spacial score (nSPS) is 20.6. The Hall–Kier alpha value is -2.92. The molecule has 0 heterocycles. The maximum atomic E-state index is 12.3. The van der Waals surface area contributed by atoms with E-state index in [0.29, 0.717) is 5.69 Å². The van der Waals surface area contributed by atoms with Gasteiger partial charge in [-0.15, -0.1) is 0 Å². The van der Waals surface area contributed by atoms with Crippen LogP contribution in [0.1, 0.15) is 23.2 Å². The number of carboxylic acid groups (broad SMARTS) is 1. The number of amides is 2. The first-order valence-corrected chi connectivity index (χ1v) is 9.75. The van der Waals surface area contributed by atoms with E-state index in [1.165, 1.54) is 30.6 Å². The number of nitrogens with one attached hydrogen (secondary N) is 3. The Morgan fingerprint density at radius 2 is 2.06 bits per heavy atom. The molecule has 1 aromatic rings. The number of benzene rings is 1. The molecule has 2 unspecified atom stereocenters. The molecule has 2 rings (SSSR count). The molecule has 0 saturated carbocycles. The molecule has 2 amide bonds. The Morgan fingerprint density at radius 3 is 2.74 bits per heavy atom. The van der Waals surface area contributed by atoms with Gasteiger partial charge in [0, 0.05) is 17.0 Å². The van der Waals surface area contributed by atoms with E-state index >= 15 is 0 Å². The number of carboxylic acids is 1. The summed E-state index contributed by atoms with van der Waals surface area (Å²) >= 11 is 12.4. The molecule has 7 N–H and O–H groups in total. The van der Waals surface area contributed by atoms with Crippen molar-refractivity contribution in [3.63, 3.8) is 0 Å². The standard InChI is InChI=1S/C19H21Cl2N5O5/c20-13-6-11(4-5-16(28)29)17(30)19(21,8-13)26-15(27)9-23-18(31)12-2-1-3-14(7-12)24-10-25-22/h1-3,6-8,10,17,30H,4-5,9,22H2,(H,23,31)(H,24,25)(H,26,27)(H,28,29). The molecule has 1 aliphatic carbocycles. The van der Waals surface area contributed by atoms with E-state index in [2.05, 4.69) is 21.1 Å². The highest BCUT2D eigenvalue weighted by atomic mass is 35.5. The summed E-state index contributed by atoms with van der Waals surface area (Å²) in [5.74, 6) is 2.83. The quantitative estimate of drug-likeness (QED) is 0.0778. The molecule has 166 valence electrons. The molecule has 0 saturated heterocycles. The summed E-state index contributed by atoms with van der Waals surface area (Å²) in [5, 5.41) is 24.3. The summed E-state index contributed by atoms with van der Waals surface area (Å²) < 4.78 is 0. The lowest BCUT2D eigenvalue weighted by molar-refractivity contribution is -0.137. The molecule has 0 aromatic heterocycles. The van der Waals surface area contributed by atoms with Crippen molar-refractivity contribution >= 4 is 53.0 Å². The third kappa shape index (κ3) is 7.07. The second-order valence-corrected chi connectivity index (χ2v) is 7.58. The first kappa shape index (κ1) is 24.4. The first-order chi connectivity index (χ1) is 14.6. The van der Waals surface area contributed by atoms with E-state index in [1.54, 1.807) is 12.1 Å². The molecule has 0 radical (unpaired) electrons. The number of nitrogens with zero attached hydrogens (tertiary/aromatic N) is 1. The van der Waals surface area contributed by atoms with Crippen LogP contribution in [-0.2, 0) is 9.59 Å². The number of carbonyl (C=O) groups is 3. The SMILES string of the molecule is NNC=Nc1cccc(C(=O)NCC(=O)NC2(Cl)C=C(Cl)C=C(CCC(=O)O)C2O)c1. The molecule has 10 nitrogen and oxygen atoms in total. The number of nitrogens with two attached hydrogens (primary N) is 1. The molecular formula is C19H21Cl2N5O5. The van der Waals surface area contributed by atoms with Crippen LogP contribution in [0.4, 0.5) is 5.69 Å². The van der Waals surface area contributed by atoms with E-state index in [0.717, 1.165) is 0 Å². The molecular weight excluding hydrogens is 449 g/mol. The number of rotatable bonds is 9. The number of halogens is 2. The van der Waals surface area contributed by atoms with Crippen LogP contribution in [-0.4, -0.2) is 52.0 Å². The van der Waals surface area contributed by atoms with Crippen molar-refractivity contribution < 1.29 is 24.6 Å². The minimum atomic E-state index is -1.79. The van der Waals surface area contributed by atoms with Gasteiger partial charge >= 0.3 is 5.97 Å². The smallest absolute Gasteiger partial charge is 0.303 e. The highest BCUT2D eigenvalue weighted by molar-refractivity contribution is 6.34. The van der Waals surface area contributed by atoms with Gasteiger partial charge in [-0.05, 0) is 42.3 Å². The van der Waals surface area contributed by atoms with Crippen LogP contribution in [0.2, 0.25) is 0 Å². The van der Waals surface area contributed by atoms with Gasteiger partial charge in [0.1, 0.15) is 12.4 Å². The average molecular weight is 470 g/mol. The third-order valence-corrected chi connectivity index (χ3v) is 4.81. The summed E-state index contributed by atoms with van der Waals surface area (Å²) in [4.78, 5) is 37.6. The zero-order chi connectivity index (χ0) is 23.0. The maximum Gasteiger partial charge on any atom is 0.303 e. The van der Waals surface area contributed by atoms with Gasteiger partial charge in [-0.3, -0.25) is 14.4 Å². The number of aliphatic carboxylic acids is 1. The van der Waals surface area contributed by atoms with Crippen molar-refractivity contribution in [2.45, 2.75) is 23.9 Å².